The van der Waals surface area contributed by atoms with Gasteiger partial charge in [0.05, 0.1) is 6.54 Å². The first-order valence-electron chi connectivity index (χ1n) is 12.1. The molecule has 0 bridgehead atoms. The van der Waals surface area contributed by atoms with Gasteiger partial charge in [0.15, 0.2) is 5.96 Å². The molecule has 2 unspecified atom stereocenters. The molecule has 32 heavy (non-hydrogen) atoms. The van der Waals surface area contributed by atoms with E-state index in [1.54, 1.807) is 0 Å². The lowest BCUT2D eigenvalue weighted by Crippen LogP contribution is -2.43. The van der Waals surface area contributed by atoms with Gasteiger partial charge < -0.3 is 15.5 Å². The van der Waals surface area contributed by atoms with Crippen molar-refractivity contribution in [3.63, 3.8) is 0 Å². The van der Waals surface area contributed by atoms with Gasteiger partial charge in [-0.15, -0.1) is 24.0 Å². The Balaban J connectivity index is 0.00000363. The molecular weight excluding hydrogens is 513 g/mol. The summed E-state index contributed by atoms with van der Waals surface area (Å²) >= 11 is 0. The summed E-state index contributed by atoms with van der Waals surface area (Å²) in [7, 11) is 0. The van der Waals surface area contributed by atoms with Crippen LogP contribution in [0.4, 0.5) is 0 Å². The second-order valence-electron chi connectivity index (χ2n) is 9.30. The van der Waals surface area contributed by atoms with Gasteiger partial charge in [0, 0.05) is 44.6 Å². The van der Waals surface area contributed by atoms with Gasteiger partial charge in [0.2, 0.25) is 5.91 Å². The third-order valence-electron chi connectivity index (χ3n) is 6.53. The molecule has 6 nitrogen and oxygen atoms in total. The standard InChI is InChI=1S/C25H41N5O.HI/c1-4-26-25(28-18-23(20(2)3)29-13-8-9-14-29)27-17-22-16-24(31)30(19-22)15-12-21-10-6-5-7-11-21;/h5-7,10-11,20,22-23H,4,8-9,12-19H2,1-3H3,(H2,26,27,28);1H. The predicted octanol–water partition coefficient (Wildman–Crippen LogP) is 3.37. The second kappa shape index (κ2) is 14.0. The number of amides is 1. The lowest BCUT2D eigenvalue weighted by molar-refractivity contribution is -0.127. The Morgan fingerprint density at radius 2 is 1.88 bits per heavy atom. The van der Waals surface area contributed by atoms with Gasteiger partial charge >= 0.3 is 0 Å². The van der Waals surface area contributed by atoms with Crippen LogP contribution in [-0.2, 0) is 11.2 Å². The van der Waals surface area contributed by atoms with Crippen LogP contribution in [0.1, 0.15) is 45.6 Å². The highest BCUT2D eigenvalue weighted by atomic mass is 127. The summed E-state index contributed by atoms with van der Waals surface area (Å²) in [4.78, 5) is 22.0. The minimum absolute atomic E-state index is 0. The van der Waals surface area contributed by atoms with Crippen molar-refractivity contribution in [2.75, 3.05) is 45.8 Å². The third-order valence-corrected chi connectivity index (χ3v) is 6.53. The van der Waals surface area contributed by atoms with Crippen LogP contribution in [0.2, 0.25) is 0 Å². The van der Waals surface area contributed by atoms with Crippen LogP contribution in [0, 0.1) is 11.8 Å². The molecule has 1 amide bonds. The molecule has 0 aromatic heterocycles. The smallest absolute Gasteiger partial charge is 0.223 e. The van der Waals surface area contributed by atoms with Crippen molar-refractivity contribution in [2.45, 2.75) is 52.5 Å². The van der Waals surface area contributed by atoms with Crippen molar-refractivity contribution in [3.8, 4) is 0 Å². The van der Waals surface area contributed by atoms with Crippen molar-refractivity contribution in [2.24, 2.45) is 16.8 Å². The fourth-order valence-electron chi connectivity index (χ4n) is 4.70. The zero-order chi connectivity index (χ0) is 22.1. The van der Waals surface area contributed by atoms with Crippen LogP contribution in [0.15, 0.2) is 35.3 Å². The maximum absolute atomic E-state index is 12.5. The van der Waals surface area contributed by atoms with Crippen molar-refractivity contribution in [1.29, 1.82) is 0 Å². The van der Waals surface area contributed by atoms with Crippen LogP contribution >= 0.6 is 24.0 Å². The summed E-state index contributed by atoms with van der Waals surface area (Å²) in [6.07, 6.45) is 4.16. The number of hydrogen-bond acceptors (Lipinski definition) is 3. The SMILES string of the molecule is CCNC(=NCC(C(C)C)N1CCCC1)NCC1CC(=O)N(CCc2ccccc2)C1.I. The van der Waals surface area contributed by atoms with E-state index in [-0.39, 0.29) is 29.9 Å². The van der Waals surface area contributed by atoms with E-state index < -0.39 is 0 Å². The number of halogens is 1. The molecule has 0 spiro atoms. The fourth-order valence-corrected chi connectivity index (χ4v) is 4.70. The number of guanidine groups is 1. The Morgan fingerprint density at radius 1 is 1.16 bits per heavy atom. The van der Waals surface area contributed by atoms with Gasteiger partial charge in [0.1, 0.15) is 0 Å². The van der Waals surface area contributed by atoms with Gasteiger partial charge in [-0.1, -0.05) is 44.2 Å². The van der Waals surface area contributed by atoms with E-state index in [0.29, 0.717) is 24.3 Å². The monoisotopic (exact) mass is 555 g/mol. The molecule has 2 aliphatic heterocycles. The molecule has 2 aliphatic rings. The average Bonchev–Trinajstić information content (AvgIpc) is 3.41. The van der Waals surface area contributed by atoms with Gasteiger partial charge in [-0.2, -0.15) is 0 Å². The number of nitrogens with zero attached hydrogens (tertiary/aromatic N) is 3. The second-order valence-corrected chi connectivity index (χ2v) is 9.30. The quantitative estimate of drug-likeness (QED) is 0.264. The van der Waals surface area contributed by atoms with E-state index in [1.807, 2.05) is 11.0 Å². The molecule has 180 valence electrons. The lowest BCUT2D eigenvalue weighted by Gasteiger charge is -2.29. The van der Waals surface area contributed by atoms with E-state index in [4.69, 9.17) is 4.99 Å². The summed E-state index contributed by atoms with van der Waals surface area (Å²) in [6, 6.07) is 10.9. The maximum Gasteiger partial charge on any atom is 0.223 e. The highest BCUT2D eigenvalue weighted by Gasteiger charge is 2.29. The average molecular weight is 556 g/mol. The molecule has 7 heteroatoms. The Bertz CT molecular complexity index is 706. The summed E-state index contributed by atoms with van der Waals surface area (Å²) in [5.41, 5.74) is 1.29. The fraction of sp³-hybridized carbons (Fsp3) is 0.680. The maximum atomic E-state index is 12.5. The molecule has 2 N–H and O–H groups in total. The van der Waals surface area contributed by atoms with E-state index in [2.05, 4.69) is 60.6 Å². The largest absolute Gasteiger partial charge is 0.357 e. The summed E-state index contributed by atoms with van der Waals surface area (Å²) < 4.78 is 0. The molecule has 1 aromatic rings. The highest BCUT2D eigenvalue weighted by Crippen LogP contribution is 2.19. The Kier molecular flexibility index (Phi) is 11.8. The minimum Gasteiger partial charge on any atom is -0.357 e. The molecule has 0 aliphatic carbocycles. The number of hydrogen-bond donors (Lipinski definition) is 2. The number of benzene rings is 1. The number of aliphatic imine (C=N–C) groups is 1. The summed E-state index contributed by atoms with van der Waals surface area (Å²) in [5, 5.41) is 6.89. The van der Waals surface area contributed by atoms with Crippen LogP contribution in [0.25, 0.3) is 0 Å². The molecular formula is C25H42IN5O. The highest BCUT2D eigenvalue weighted by molar-refractivity contribution is 14.0. The zero-order valence-corrected chi connectivity index (χ0v) is 22.4. The summed E-state index contributed by atoms with van der Waals surface area (Å²) in [5.74, 6) is 2.09. The molecule has 0 saturated carbocycles. The van der Waals surface area contributed by atoms with Crippen LogP contribution in [0.5, 0.6) is 0 Å². The van der Waals surface area contributed by atoms with Crippen LogP contribution in [0.3, 0.4) is 0 Å². The number of carbonyl (C=O) groups is 1. The van der Waals surface area contributed by atoms with Crippen LogP contribution in [-0.4, -0.2) is 73.5 Å². The Morgan fingerprint density at radius 3 is 2.53 bits per heavy atom. The minimum atomic E-state index is 0. The molecule has 2 fully saturated rings. The van der Waals surface area contributed by atoms with E-state index in [0.717, 1.165) is 45.1 Å². The lowest BCUT2D eigenvalue weighted by atomic mass is 10.0. The van der Waals surface area contributed by atoms with Crippen molar-refractivity contribution >= 4 is 35.8 Å². The molecule has 1 aromatic carbocycles. The summed E-state index contributed by atoms with van der Waals surface area (Å²) in [6.45, 7) is 13.2. The first-order valence-corrected chi connectivity index (χ1v) is 12.1. The predicted molar refractivity (Wildman–Crippen MR) is 144 cm³/mol. The molecule has 2 saturated heterocycles. The molecule has 2 atom stereocenters. The molecule has 3 rings (SSSR count). The van der Waals surface area contributed by atoms with Gasteiger partial charge in [-0.25, -0.2) is 0 Å². The first-order chi connectivity index (χ1) is 15.1. The van der Waals surface area contributed by atoms with E-state index in [9.17, 15) is 4.79 Å². The van der Waals surface area contributed by atoms with Crippen molar-refractivity contribution in [1.82, 2.24) is 20.4 Å². The zero-order valence-electron chi connectivity index (χ0n) is 20.1. The van der Waals surface area contributed by atoms with Gasteiger partial charge in [-0.3, -0.25) is 14.7 Å². The Labute approximate surface area is 211 Å². The van der Waals surface area contributed by atoms with E-state index in [1.165, 1.54) is 31.5 Å². The third kappa shape index (κ3) is 8.21. The molecule has 0 radical (unpaired) electrons. The number of likely N-dealkylation sites (tertiary alicyclic amines) is 2. The van der Waals surface area contributed by atoms with Gasteiger partial charge in [0.25, 0.3) is 0 Å². The van der Waals surface area contributed by atoms with Gasteiger partial charge in [-0.05, 0) is 50.8 Å². The number of carbonyl (C=O) groups excluding carboxylic acids is 1. The Hall–Kier alpha value is -1.35. The number of rotatable bonds is 10. The number of nitrogens with one attached hydrogen (secondary N) is 2. The van der Waals surface area contributed by atoms with E-state index >= 15 is 0 Å². The van der Waals surface area contributed by atoms with Crippen molar-refractivity contribution < 1.29 is 4.79 Å². The normalized spacial score (nSPS) is 20.5. The first kappa shape index (κ1) is 26.9. The topological polar surface area (TPSA) is 60.0 Å². The van der Waals surface area contributed by atoms with Crippen molar-refractivity contribution in [3.05, 3.63) is 35.9 Å². The van der Waals surface area contributed by atoms with Crippen LogP contribution < -0.4 is 10.6 Å². The molecule has 2 heterocycles.